The fraction of sp³-hybridized carbons (Fsp3) is 0.900. The number of carbonyl (C=O) groups is 1. The Hall–Kier alpha value is -0.190. The molecule has 0 aromatic heterocycles. The SMILES string of the molecule is CC(C)(C)OC(=O)C1(F)CC(F)(CBr)C1. The normalized spacial score (nSPS) is 35.9. The van der Waals surface area contributed by atoms with E-state index in [0.717, 1.165) is 0 Å². The van der Waals surface area contributed by atoms with Gasteiger partial charge in [0.05, 0.1) is 0 Å². The second kappa shape index (κ2) is 3.68. The molecule has 1 rings (SSSR count). The van der Waals surface area contributed by atoms with E-state index in [4.69, 9.17) is 4.74 Å². The Morgan fingerprint density at radius 1 is 1.40 bits per heavy atom. The van der Waals surface area contributed by atoms with Crippen molar-refractivity contribution in [3.63, 3.8) is 0 Å². The van der Waals surface area contributed by atoms with Gasteiger partial charge in [0.1, 0.15) is 11.3 Å². The molecule has 1 aliphatic carbocycles. The first-order valence-corrected chi connectivity index (χ1v) is 5.90. The standard InChI is InChI=1S/C10H15BrF2O2/c1-8(2,3)15-7(14)10(13)4-9(12,5-10)6-11/h4-6H2,1-3H3. The maximum absolute atomic E-state index is 13.8. The Morgan fingerprint density at radius 2 is 1.87 bits per heavy atom. The summed E-state index contributed by atoms with van der Waals surface area (Å²) in [4.78, 5) is 11.4. The fourth-order valence-electron chi connectivity index (χ4n) is 1.56. The van der Waals surface area contributed by atoms with Crippen LogP contribution in [-0.2, 0) is 9.53 Å². The van der Waals surface area contributed by atoms with Crippen LogP contribution in [0.1, 0.15) is 33.6 Å². The van der Waals surface area contributed by atoms with E-state index >= 15 is 0 Å². The number of halogens is 3. The average Bonchev–Trinajstić information content (AvgIpc) is 1.98. The van der Waals surface area contributed by atoms with Gasteiger partial charge in [-0.2, -0.15) is 0 Å². The lowest BCUT2D eigenvalue weighted by molar-refractivity contribution is -0.187. The van der Waals surface area contributed by atoms with Crippen LogP contribution in [0, 0.1) is 0 Å². The van der Waals surface area contributed by atoms with Crippen LogP contribution in [-0.4, -0.2) is 28.2 Å². The zero-order valence-corrected chi connectivity index (χ0v) is 10.7. The van der Waals surface area contributed by atoms with Crippen LogP contribution in [0.2, 0.25) is 0 Å². The minimum absolute atomic E-state index is 0.0501. The van der Waals surface area contributed by atoms with E-state index in [2.05, 4.69) is 15.9 Å². The third-order valence-electron chi connectivity index (χ3n) is 2.20. The van der Waals surface area contributed by atoms with Crippen molar-refractivity contribution in [3.8, 4) is 0 Å². The minimum Gasteiger partial charge on any atom is -0.458 e. The van der Waals surface area contributed by atoms with Gasteiger partial charge in [-0.25, -0.2) is 13.6 Å². The third-order valence-corrected chi connectivity index (χ3v) is 3.20. The van der Waals surface area contributed by atoms with Crippen molar-refractivity contribution in [2.24, 2.45) is 0 Å². The number of hydrogen-bond acceptors (Lipinski definition) is 2. The van der Waals surface area contributed by atoms with Gasteiger partial charge >= 0.3 is 5.97 Å². The monoisotopic (exact) mass is 284 g/mol. The number of esters is 1. The number of hydrogen-bond donors (Lipinski definition) is 0. The van der Waals surface area contributed by atoms with Crippen molar-refractivity contribution in [1.82, 2.24) is 0 Å². The summed E-state index contributed by atoms with van der Waals surface area (Å²) in [5.74, 6) is -0.954. The van der Waals surface area contributed by atoms with Crippen LogP contribution in [0.15, 0.2) is 0 Å². The summed E-state index contributed by atoms with van der Waals surface area (Å²) in [5, 5.41) is 0.0501. The quantitative estimate of drug-likeness (QED) is 0.576. The highest BCUT2D eigenvalue weighted by molar-refractivity contribution is 9.09. The third kappa shape index (κ3) is 2.89. The molecule has 1 saturated carbocycles. The second-order valence-electron chi connectivity index (χ2n) is 5.11. The largest absolute Gasteiger partial charge is 0.458 e. The van der Waals surface area contributed by atoms with Gasteiger partial charge in [-0.05, 0) is 20.8 Å². The van der Waals surface area contributed by atoms with E-state index in [-0.39, 0.29) is 5.33 Å². The molecule has 0 aliphatic heterocycles. The molecular weight excluding hydrogens is 270 g/mol. The van der Waals surface area contributed by atoms with Crippen LogP contribution in [0.4, 0.5) is 8.78 Å². The smallest absolute Gasteiger partial charge is 0.344 e. The van der Waals surface area contributed by atoms with Crippen molar-refractivity contribution >= 4 is 21.9 Å². The van der Waals surface area contributed by atoms with E-state index in [1.54, 1.807) is 20.8 Å². The van der Waals surface area contributed by atoms with E-state index in [0.29, 0.717) is 0 Å². The summed E-state index contributed by atoms with van der Waals surface area (Å²) in [6.45, 7) is 4.96. The van der Waals surface area contributed by atoms with Crippen LogP contribution in [0.5, 0.6) is 0 Å². The molecule has 0 spiro atoms. The lowest BCUT2D eigenvalue weighted by Gasteiger charge is -2.44. The first-order chi connectivity index (χ1) is 6.60. The maximum Gasteiger partial charge on any atom is 0.344 e. The summed E-state index contributed by atoms with van der Waals surface area (Å²) in [6.07, 6.45) is -0.833. The highest BCUT2D eigenvalue weighted by Crippen LogP contribution is 2.49. The molecule has 0 aromatic rings. The molecule has 0 saturated heterocycles. The van der Waals surface area contributed by atoms with Crippen molar-refractivity contribution < 1.29 is 18.3 Å². The Morgan fingerprint density at radius 3 is 2.20 bits per heavy atom. The molecule has 0 aromatic carbocycles. The molecular formula is C10H15BrF2O2. The maximum atomic E-state index is 13.8. The Balaban J connectivity index is 2.57. The lowest BCUT2D eigenvalue weighted by atomic mass is 9.71. The molecule has 1 fully saturated rings. The zero-order valence-electron chi connectivity index (χ0n) is 9.07. The molecule has 0 amide bonds. The van der Waals surface area contributed by atoms with Gasteiger partial charge in [0.25, 0.3) is 0 Å². The van der Waals surface area contributed by atoms with Crippen LogP contribution in [0.25, 0.3) is 0 Å². The Labute approximate surface area is 96.5 Å². The van der Waals surface area contributed by atoms with Gasteiger partial charge in [-0.15, -0.1) is 0 Å². The molecule has 0 heterocycles. The van der Waals surface area contributed by atoms with Crippen molar-refractivity contribution in [2.75, 3.05) is 5.33 Å². The van der Waals surface area contributed by atoms with Gasteiger partial charge in [0.15, 0.2) is 0 Å². The van der Waals surface area contributed by atoms with Gasteiger partial charge in [-0.3, -0.25) is 0 Å². The molecule has 15 heavy (non-hydrogen) atoms. The summed E-state index contributed by atoms with van der Waals surface area (Å²) in [7, 11) is 0. The zero-order chi connectivity index (χ0) is 11.9. The highest BCUT2D eigenvalue weighted by Gasteiger charge is 2.61. The summed E-state index contributed by atoms with van der Waals surface area (Å²) in [6, 6.07) is 0. The van der Waals surface area contributed by atoms with E-state index in [1.807, 2.05) is 0 Å². The highest BCUT2D eigenvalue weighted by atomic mass is 79.9. The molecule has 0 N–H and O–H groups in total. The first kappa shape index (κ1) is 12.9. The minimum atomic E-state index is -2.14. The number of carbonyl (C=O) groups excluding carboxylic acids is 1. The van der Waals surface area contributed by atoms with Gasteiger partial charge in [0.2, 0.25) is 5.67 Å². The Kier molecular flexibility index (Phi) is 3.16. The molecule has 88 valence electrons. The molecule has 0 atom stereocenters. The van der Waals surface area contributed by atoms with Gasteiger partial charge < -0.3 is 4.74 Å². The molecule has 5 heteroatoms. The van der Waals surface area contributed by atoms with Crippen molar-refractivity contribution in [1.29, 1.82) is 0 Å². The summed E-state index contributed by atoms with van der Waals surface area (Å²) < 4.78 is 32.1. The van der Waals surface area contributed by atoms with Crippen LogP contribution in [0.3, 0.4) is 0 Å². The number of alkyl halides is 3. The number of rotatable bonds is 2. The average molecular weight is 285 g/mol. The van der Waals surface area contributed by atoms with E-state index < -0.39 is 35.7 Å². The van der Waals surface area contributed by atoms with Gasteiger partial charge in [0, 0.05) is 18.2 Å². The molecule has 1 aliphatic rings. The fourth-order valence-corrected chi connectivity index (χ4v) is 1.96. The van der Waals surface area contributed by atoms with Crippen molar-refractivity contribution in [3.05, 3.63) is 0 Å². The summed E-state index contributed by atoms with van der Waals surface area (Å²) >= 11 is 2.95. The van der Waals surface area contributed by atoms with Crippen molar-refractivity contribution in [2.45, 2.75) is 50.6 Å². The molecule has 0 radical (unpaired) electrons. The Bertz CT molecular complexity index is 267. The lowest BCUT2D eigenvalue weighted by Crippen LogP contribution is -2.58. The molecule has 0 unspecified atom stereocenters. The topological polar surface area (TPSA) is 26.3 Å². The number of ether oxygens (including phenoxy) is 1. The predicted octanol–water partition coefficient (Wildman–Crippen LogP) is 2.93. The van der Waals surface area contributed by atoms with E-state index in [1.165, 1.54) is 0 Å². The van der Waals surface area contributed by atoms with Crippen LogP contribution < -0.4 is 0 Å². The molecule has 2 nitrogen and oxygen atoms in total. The summed E-state index contributed by atoms with van der Waals surface area (Å²) in [5.41, 5.74) is -4.49. The van der Waals surface area contributed by atoms with Gasteiger partial charge in [-0.1, -0.05) is 15.9 Å². The molecule has 0 bridgehead atoms. The first-order valence-electron chi connectivity index (χ1n) is 4.78. The van der Waals surface area contributed by atoms with Crippen LogP contribution >= 0.6 is 15.9 Å². The second-order valence-corrected chi connectivity index (χ2v) is 5.67. The van der Waals surface area contributed by atoms with E-state index in [9.17, 15) is 13.6 Å². The predicted molar refractivity (Wildman–Crippen MR) is 56.6 cm³/mol.